The molecule has 7 heteroatoms. The molecule has 2 unspecified atom stereocenters. The SMILES string of the molecule is Cl.NCCCOC1CCN(C(=O)C2CC2c2ccc3c(c2)OCCO3)CC1. The van der Waals surface area contributed by atoms with Crippen LogP contribution in [0.25, 0.3) is 0 Å². The lowest BCUT2D eigenvalue weighted by Gasteiger charge is -2.32. The first-order chi connectivity index (χ1) is 12.8. The van der Waals surface area contributed by atoms with Crippen LogP contribution in [0.4, 0.5) is 0 Å². The van der Waals surface area contributed by atoms with E-state index in [1.54, 1.807) is 0 Å². The van der Waals surface area contributed by atoms with Gasteiger partial charge in [0.2, 0.25) is 5.91 Å². The number of amides is 1. The molecule has 0 bridgehead atoms. The minimum Gasteiger partial charge on any atom is -0.486 e. The fraction of sp³-hybridized carbons (Fsp3) is 0.650. The van der Waals surface area contributed by atoms with Crippen molar-refractivity contribution in [3.63, 3.8) is 0 Å². The average Bonchev–Trinajstić information content (AvgIpc) is 3.49. The van der Waals surface area contributed by atoms with Crippen molar-refractivity contribution >= 4 is 18.3 Å². The lowest BCUT2D eigenvalue weighted by molar-refractivity contribution is -0.135. The van der Waals surface area contributed by atoms with Gasteiger partial charge in [-0.25, -0.2) is 0 Å². The highest BCUT2D eigenvalue weighted by Crippen LogP contribution is 2.50. The third-order valence-electron chi connectivity index (χ3n) is 5.56. The Morgan fingerprint density at radius 3 is 2.67 bits per heavy atom. The van der Waals surface area contributed by atoms with Crippen LogP contribution in [0, 0.1) is 5.92 Å². The van der Waals surface area contributed by atoms with E-state index in [-0.39, 0.29) is 24.4 Å². The number of hydrogen-bond donors (Lipinski definition) is 1. The van der Waals surface area contributed by atoms with Crippen molar-refractivity contribution < 1.29 is 19.0 Å². The number of benzene rings is 1. The number of hydrogen-bond acceptors (Lipinski definition) is 5. The van der Waals surface area contributed by atoms with E-state index in [2.05, 4.69) is 6.07 Å². The van der Waals surface area contributed by atoms with Crippen molar-refractivity contribution in [2.45, 2.75) is 37.7 Å². The molecule has 1 aliphatic carbocycles. The number of ether oxygens (including phenoxy) is 3. The van der Waals surface area contributed by atoms with E-state index in [1.807, 2.05) is 17.0 Å². The summed E-state index contributed by atoms with van der Waals surface area (Å²) in [5, 5.41) is 0. The van der Waals surface area contributed by atoms with Crippen molar-refractivity contribution in [1.29, 1.82) is 0 Å². The Hall–Kier alpha value is -1.50. The number of rotatable bonds is 6. The van der Waals surface area contributed by atoms with Gasteiger partial charge in [-0.2, -0.15) is 0 Å². The Balaban J connectivity index is 0.00000210. The molecule has 2 heterocycles. The molecule has 27 heavy (non-hydrogen) atoms. The van der Waals surface area contributed by atoms with Crippen LogP contribution in [0.5, 0.6) is 11.5 Å². The third-order valence-corrected chi connectivity index (χ3v) is 5.56. The molecule has 0 spiro atoms. The van der Waals surface area contributed by atoms with E-state index in [0.29, 0.717) is 31.6 Å². The number of nitrogens with two attached hydrogens (primary N) is 1. The van der Waals surface area contributed by atoms with Crippen molar-refractivity contribution in [3.05, 3.63) is 23.8 Å². The quantitative estimate of drug-likeness (QED) is 0.747. The second-order valence-electron chi connectivity index (χ2n) is 7.39. The summed E-state index contributed by atoms with van der Waals surface area (Å²) in [5.41, 5.74) is 6.68. The molecule has 2 fully saturated rings. The van der Waals surface area contributed by atoms with Crippen LogP contribution < -0.4 is 15.2 Å². The highest BCUT2D eigenvalue weighted by Gasteiger charge is 2.46. The zero-order valence-electron chi connectivity index (χ0n) is 15.6. The monoisotopic (exact) mass is 396 g/mol. The molecule has 4 rings (SSSR count). The van der Waals surface area contributed by atoms with Crippen molar-refractivity contribution in [2.24, 2.45) is 11.7 Å². The van der Waals surface area contributed by atoms with Gasteiger partial charge in [0.1, 0.15) is 13.2 Å². The third kappa shape index (κ3) is 4.68. The molecule has 0 aromatic heterocycles. The topological polar surface area (TPSA) is 74.0 Å². The van der Waals surface area contributed by atoms with Crippen LogP contribution in [0.1, 0.15) is 37.2 Å². The van der Waals surface area contributed by atoms with E-state index in [9.17, 15) is 4.79 Å². The molecular formula is C20H29ClN2O4. The summed E-state index contributed by atoms with van der Waals surface area (Å²) < 4.78 is 17.1. The maximum atomic E-state index is 12.8. The van der Waals surface area contributed by atoms with E-state index in [0.717, 1.165) is 56.9 Å². The average molecular weight is 397 g/mol. The lowest BCUT2D eigenvalue weighted by atomic mass is 10.1. The van der Waals surface area contributed by atoms with Gasteiger partial charge in [-0.15, -0.1) is 12.4 Å². The van der Waals surface area contributed by atoms with E-state index in [4.69, 9.17) is 19.9 Å². The summed E-state index contributed by atoms with van der Waals surface area (Å²) in [6.07, 6.45) is 3.97. The van der Waals surface area contributed by atoms with Crippen LogP contribution in [0.15, 0.2) is 18.2 Å². The van der Waals surface area contributed by atoms with Crippen molar-refractivity contribution in [2.75, 3.05) is 39.5 Å². The molecule has 6 nitrogen and oxygen atoms in total. The number of carbonyl (C=O) groups is 1. The highest BCUT2D eigenvalue weighted by atomic mass is 35.5. The Bertz CT molecular complexity index is 649. The predicted octanol–water partition coefficient (Wildman–Crippen LogP) is 2.34. The molecule has 1 saturated carbocycles. The van der Waals surface area contributed by atoms with Gasteiger partial charge < -0.3 is 24.8 Å². The van der Waals surface area contributed by atoms with Gasteiger partial charge in [0.05, 0.1) is 6.10 Å². The van der Waals surface area contributed by atoms with Crippen LogP contribution in [0.2, 0.25) is 0 Å². The number of nitrogens with zero attached hydrogens (tertiary/aromatic N) is 1. The van der Waals surface area contributed by atoms with E-state index >= 15 is 0 Å². The lowest BCUT2D eigenvalue weighted by Crippen LogP contribution is -2.42. The van der Waals surface area contributed by atoms with Gasteiger partial charge in [-0.1, -0.05) is 6.07 Å². The molecule has 2 atom stereocenters. The second kappa shape index (κ2) is 9.13. The first-order valence-electron chi connectivity index (χ1n) is 9.76. The molecule has 1 aromatic carbocycles. The van der Waals surface area contributed by atoms with Crippen LogP contribution in [-0.4, -0.2) is 56.4 Å². The standard InChI is InChI=1S/C20H28N2O4.ClH/c21-6-1-9-24-15-4-7-22(8-5-15)20(23)17-13-16(17)14-2-3-18-19(12-14)26-11-10-25-18;/h2-3,12,15-17H,1,4-11,13,21H2;1H. The number of piperidine rings is 1. The highest BCUT2D eigenvalue weighted by molar-refractivity contribution is 5.85. The van der Waals surface area contributed by atoms with Gasteiger partial charge >= 0.3 is 0 Å². The van der Waals surface area contributed by atoms with E-state index in [1.165, 1.54) is 5.56 Å². The first-order valence-corrected chi connectivity index (χ1v) is 9.76. The fourth-order valence-electron chi connectivity index (χ4n) is 3.94. The van der Waals surface area contributed by atoms with Gasteiger partial charge in [-0.05, 0) is 55.8 Å². The summed E-state index contributed by atoms with van der Waals surface area (Å²) in [5.74, 6) is 2.34. The molecule has 1 aromatic rings. The second-order valence-corrected chi connectivity index (χ2v) is 7.39. The summed E-state index contributed by atoms with van der Waals surface area (Å²) in [6, 6.07) is 6.08. The number of likely N-dealkylation sites (tertiary alicyclic amines) is 1. The predicted molar refractivity (Wildman–Crippen MR) is 105 cm³/mol. The minimum atomic E-state index is 0. The maximum Gasteiger partial charge on any atom is 0.226 e. The van der Waals surface area contributed by atoms with Crippen molar-refractivity contribution in [3.8, 4) is 11.5 Å². The minimum absolute atomic E-state index is 0. The summed E-state index contributed by atoms with van der Waals surface area (Å²) in [4.78, 5) is 14.8. The fourth-order valence-corrected chi connectivity index (χ4v) is 3.94. The summed E-state index contributed by atoms with van der Waals surface area (Å²) in [6.45, 7) is 4.19. The van der Waals surface area contributed by atoms with E-state index < -0.39 is 0 Å². The smallest absolute Gasteiger partial charge is 0.226 e. The molecule has 1 saturated heterocycles. The largest absolute Gasteiger partial charge is 0.486 e. The molecule has 2 aliphatic heterocycles. The van der Waals surface area contributed by atoms with Crippen LogP contribution in [0.3, 0.4) is 0 Å². The van der Waals surface area contributed by atoms with Crippen LogP contribution >= 0.6 is 12.4 Å². The van der Waals surface area contributed by atoms with Gasteiger partial charge in [-0.3, -0.25) is 4.79 Å². The molecule has 150 valence electrons. The number of halogens is 1. The summed E-state index contributed by atoms with van der Waals surface area (Å²) >= 11 is 0. The molecule has 2 N–H and O–H groups in total. The zero-order chi connectivity index (χ0) is 17.9. The maximum absolute atomic E-state index is 12.8. The molecular weight excluding hydrogens is 368 g/mol. The Labute approximate surface area is 166 Å². The van der Waals surface area contributed by atoms with Gasteiger partial charge in [0.25, 0.3) is 0 Å². The number of fused-ring (bicyclic) bond motifs is 1. The number of carbonyl (C=O) groups excluding carboxylic acids is 1. The van der Waals surface area contributed by atoms with Gasteiger partial charge in [0.15, 0.2) is 11.5 Å². The zero-order valence-corrected chi connectivity index (χ0v) is 16.4. The summed E-state index contributed by atoms with van der Waals surface area (Å²) in [7, 11) is 0. The van der Waals surface area contributed by atoms with Crippen LogP contribution in [-0.2, 0) is 9.53 Å². The molecule has 1 amide bonds. The Morgan fingerprint density at radius 2 is 1.93 bits per heavy atom. The molecule has 3 aliphatic rings. The Kier molecular flexibility index (Phi) is 6.84. The molecule has 0 radical (unpaired) electrons. The van der Waals surface area contributed by atoms with Gasteiger partial charge in [0, 0.05) is 25.6 Å². The first kappa shape index (κ1) is 20.2. The van der Waals surface area contributed by atoms with Crippen molar-refractivity contribution in [1.82, 2.24) is 4.90 Å². The normalized spacial score (nSPS) is 24.3. The Morgan fingerprint density at radius 1 is 1.19 bits per heavy atom.